The number of rotatable bonds is 4. The average molecular weight is 349 g/mol. The molecule has 0 bridgehead atoms. The van der Waals surface area contributed by atoms with Gasteiger partial charge in [0.1, 0.15) is 17.2 Å². The van der Waals surface area contributed by atoms with Crippen LogP contribution in [-0.4, -0.2) is 22.5 Å². The third-order valence-electron chi connectivity index (χ3n) is 1.87. The van der Waals surface area contributed by atoms with Crippen molar-refractivity contribution in [3.63, 3.8) is 0 Å². The Kier molecular flexibility index (Phi) is 4.80. The first kappa shape index (κ1) is 15.0. The Morgan fingerprint density at radius 1 is 1.50 bits per heavy atom. The van der Waals surface area contributed by atoms with Gasteiger partial charge in [0, 0.05) is 6.07 Å². The van der Waals surface area contributed by atoms with Gasteiger partial charge in [-0.25, -0.2) is 0 Å². The fraction of sp³-hybridized carbons (Fsp3) is 0.333. The standard InChI is InChI=1S/C9H6BrClF3NO3/c10-8(9(12,13)14)4-18-7-3-5(15(16)17)1-2-6(7)11/h1-3,8H,4H2. The number of alkyl halides is 4. The highest BCUT2D eigenvalue weighted by Gasteiger charge is 2.38. The molecule has 9 heteroatoms. The lowest BCUT2D eigenvalue weighted by atomic mass is 10.3. The molecule has 1 unspecified atom stereocenters. The first-order valence-electron chi connectivity index (χ1n) is 4.49. The van der Waals surface area contributed by atoms with Crippen LogP contribution in [0.4, 0.5) is 18.9 Å². The Labute approximate surface area is 113 Å². The fourth-order valence-electron chi connectivity index (χ4n) is 0.974. The summed E-state index contributed by atoms with van der Waals surface area (Å²) in [6.45, 7) is -0.732. The van der Waals surface area contributed by atoms with Gasteiger partial charge in [-0.05, 0) is 6.07 Å². The summed E-state index contributed by atoms with van der Waals surface area (Å²) in [5.41, 5.74) is -0.312. The molecule has 0 saturated carbocycles. The van der Waals surface area contributed by atoms with Gasteiger partial charge in [0.2, 0.25) is 0 Å². The Hall–Kier alpha value is -1.02. The predicted molar refractivity (Wildman–Crippen MR) is 62.4 cm³/mol. The van der Waals surface area contributed by atoms with Crippen LogP contribution in [0.2, 0.25) is 5.02 Å². The van der Waals surface area contributed by atoms with Crippen molar-refractivity contribution in [3.8, 4) is 5.75 Å². The average Bonchev–Trinajstić information content (AvgIpc) is 2.25. The first-order valence-corrected chi connectivity index (χ1v) is 5.78. The van der Waals surface area contributed by atoms with E-state index in [4.69, 9.17) is 16.3 Å². The second-order valence-electron chi connectivity index (χ2n) is 3.19. The van der Waals surface area contributed by atoms with Gasteiger partial charge < -0.3 is 4.74 Å². The summed E-state index contributed by atoms with van der Waals surface area (Å²) in [5, 5.41) is 10.5. The van der Waals surface area contributed by atoms with E-state index in [0.717, 1.165) is 12.1 Å². The van der Waals surface area contributed by atoms with E-state index < -0.39 is 22.5 Å². The lowest BCUT2D eigenvalue weighted by molar-refractivity contribution is -0.384. The van der Waals surface area contributed by atoms with Crippen LogP contribution in [0, 0.1) is 10.1 Å². The number of hydrogen-bond donors (Lipinski definition) is 0. The Bertz CT molecular complexity index is 455. The molecule has 0 amide bonds. The quantitative estimate of drug-likeness (QED) is 0.470. The molecule has 0 aromatic heterocycles. The van der Waals surface area contributed by atoms with Gasteiger partial charge in [-0.15, -0.1) is 0 Å². The van der Waals surface area contributed by atoms with Crippen molar-refractivity contribution in [1.29, 1.82) is 0 Å². The van der Waals surface area contributed by atoms with Crippen molar-refractivity contribution in [2.45, 2.75) is 11.0 Å². The molecule has 1 aromatic carbocycles. The molecular formula is C9H6BrClF3NO3. The molecule has 0 spiro atoms. The van der Waals surface area contributed by atoms with E-state index in [-0.39, 0.29) is 16.5 Å². The van der Waals surface area contributed by atoms with Gasteiger partial charge in [-0.2, -0.15) is 13.2 Å². The Morgan fingerprint density at radius 2 is 2.11 bits per heavy atom. The van der Waals surface area contributed by atoms with Crippen LogP contribution in [0.5, 0.6) is 5.75 Å². The van der Waals surface area contributed by atoms with Crippen molar-refractivity contribution < 1.29 is 22.8 Å². The van der Waals surface area contributed by atoms with E-state index in [1.54, 1.807) is 0 Å². The topological polar surface area (TPSA) is 52.4 Å². The van der Waals surface area contributed by atoms with Crippen LogP contribution in [0.25, 0.3) is 0 Å². The lowest BCUT2D eigenvalue weighted by Crippen LogP contribution is -2.28. The van der Waals surface area contributed by atoms with Crippen molar-refractivity contribution in [2.24, 2.45) is 0 Å². The van der Waals surface area contributed by atoms with E-state index in [1.165, 1.54) is 6.07 Å². The van der Waals surface area contributed by atoms with Crippen molar-refractivity contribution >= 4 is 33.2 Å². The minimum atomic E-state index is -4.47. The Balaban J connectivity index is 2.78. The number of halogens is 5. The van der Waals surface area contributed by atoms with Crippen molar-refractivity contribution in [1.82, 2.24) is 0 Å². The maximum atomic E-state index is 12.2. The maximum absolute atomic E-state index is 12.2. The van der Waals surface area contributed by atoms with E-state index >= 15 is 0 Å². The number of nitrogens with zero attached hydrogens (tertiary/aromatic N) is 1. The number of ether oxygens (including phenoxy) is 1. The third kappa shape index (κ3) is 4.02. The molecule has 18 heavy (non-hydrogen) atoms. The lowest BCUT2D eigenvalue weighted by Gasteiger charge is -2.15. The molecule has 1 atom stereocenters. The number of non-ortho nitro benzene ring substituents is 1. The highest BCUT2D eigenvalue weighted by atomic mass is 79.9. The normalized spacial score (nSPS) is 13.2. The molecule has 0 fully saturated rings. The molecule has 0 aliphatic rings. The summed E-state index contributed by atoms with van der Waals surface area (Å²) in [6.07, 6.45) is -4.47. The van der Waals surface area contributed by atoms with Crippen LogP contribution < -0.4 is 4.74 Å². The molecule has 0 heterocycles. The maximum Gasteiger partial charge on any atom is 0.404 e. The van der Waals surface area contributed by atoms with Gasteiger partial charge >= 0.3 is 6.18 Å². The summed E-state index contributed by atoms with van der Waals surface area (Å²) in [7, 11) is 0. The van der Waals surface area contributed by atoms with E-state index in [9.17, 15) is 23.3 Å². The van der Waals surface area contributed by atoms with E-state index in [0.29, 0.717) is 0 Å². The Morgan fingerprint density at radius 3 is 2.61 bits per heavy atom. The summed E-state index contributed by atoms with van der Waals surface area (Å²) in [4.78, 5) is 7.91. The molecule has 1 rings (SSSR count). The van der Waals surface area contributed by atoms with E-state index in [1.807, 2.05) is 0 Å². The fourth-order valence-corrected chi connectivity index (χ4v) is 1.28. The zero-order valence-corrected chi connectivity index (χ0v) is 10.9. The minimum absolute atomic E-state index is 0.00229. The first-order chi connectivity index (χ1) is 8.21. The molecule has 100 valence electrons. The third-order valence-corrected chi connectivity index (χ3v) is 2.96. The van der Waals surface area contributed by atoms with Crippen LogP contribution in [0.1, 0.15) is 0 Å². The van der Waals surface area contributed by atoms with Gasteiger partial charge in [0.05, 0.1) is 16.0 Å². The molecule has 1 aromatic rings. The highest BCUT2D eigenvalue weighted by Crippen LogP contribution is 2.31. The molecule has 0 radical (unpaired) electrons. The largest absolute Gasteiger partial charge is 0.490 e. The highest BCUT2D eigenvalue weighted by molar-refractivity contribution is 9.09. The summed E-state index contributed by atoms with van der Waals surface area (Å²) in [6, 6.07) is 3.29. The monoisotopic (exact) mass is 347 g/mol. The second kappa shape index (κ2) is 5.75. The number of nitro groups is 1. The smallest absolute Gasteiger partial charge is 0.404 e. The molecule has 0 aliphatic heterocycles. The second-order valence-corrected chi connectivity index (χ2v) is 4.70. The van der Waals surface area contributed by atoms with Gasteiger partial charge in [-0.3, -0.25) is 10.1 Å². The van der Waals surface area contributed by atoms with Crippen LogP contribution in [0.3, 0.4) is 0 Å². The number of benzene rings is 1. The number of hydrogen-bond acceptors (Lipinski definition) is 3. The molecular weight excluding hydrogens is 342 g/mol. The van der Waals surface area contributed by atoms with Crippen LogP contribution in [-0.2, 0) is 0 Å². The molecule has 4 nitrogen and oxygen atoms in total. The summed E-state index contributed by atoms with van der Waals surface area (Å²) in [5.74, 6) is -0.167. The van der Waals surface area contributed by atoms with Crippen molar-refractivity contribution in [3.05, 3.63) is 33.3 Å². The predicted octanol–water partition coefficient (Wildman–Crippen LogP) is 3.95. The summed E-state index contributed by atoms with van der Waals surface area (Å²) < 4.78 is 41.4. The molecule has 0 saturated heterocycles. The number of nitro benzene ring substituents is 1. The van der Waals surface area contributed by atoms with Gasteiger partial charge in [0.15, 0.2) is 0 Å². The molecule has 0 N–H and O–H groups in total. The summed E-state index contributed by atoms with van der Waals surface area (Å²) >= 11 is 8.06. The zero-order chi connectivity index (χ0) is 13.9. The van der Waals surface area contributed by atoms with Gasteiger partial charge in [-0.1, -0.05) is 27.5 Å². The van der Waals surface area contributed by atoms with Crippen LogP contribution >= 0.6 is 27.5 Å². The zero-order valence-electron chi connectivity index (χ0n) is 8.58. The van der Waals surface area contributed by atoms with Crippen LogP contribution in [0.15, 0.2) is 18.2 Å². The van der Waals surface area contributed by atoms with E-state index in [2.05, 4.69) is 15.9 Å². The van der Waals surface area contributed by atoms with Crippen molar-refractivity contribution in [2.75, 3.05) is 6.61 Å². The molecule has 0 aliphatic carbocycles. The SMILES string of the molecule is O=[N+]([O-])c1ccc(Cl)c(OCC(Br)C(F)(F)F)c1. The minimum Gasteiger partial charge on any atom is -0.490 e. The van der Waals surface area contributed by atoms with Gasteiger partial charge in [0.25, 0.3) is 5.69 Å².